The fraction of sp³-hybridized carbons (Fsp3) is 0.609. The first-order valence-corrected chi connectivity index (χ1v) is 24.8. The summed E-state index contributed by atoms with van der Waals surface area (Å²) in [6.45, 7) is 10.1. The number of fused-ring (bicyclic) bond motifs is 1. The van der Waals surface area contributed by atoms with E-state index in [1.807, 2.05) is 19.9 Å². The molecule has 1 heterocycles. The van der Waals surface area contributed by atoms with Crippen molar-refractivity contribution < 1.29 is 63.3 Å². The Labute approximate surface area is 416 Å². The number of carbonyl (C=O) groups is 10. The Bertz CT molecular complexity index is 2170. The molecule has 2 aromatic rings. The second-order valence-electron chi connectivity index (χ2n) is 17.9. The Morgan fingerprint density at radius 3 is 1.76 bits per heavy atom. The van der Waals surface area contributed by atoms with Crippen LogP contribution in [-0.2, 0) is 54.4 Å². The first kappa shape index (κ1) is 60.8. The van der Waals surface area contributed by atoms with Crippen LogP contribution in [0.5, 0.6) is 0 Å². The van der Waals surface area contributed by atoms with Crippen molar-refractivity contribution in [2.75, 3.05) is 18.6 Å². The zero-order chi connectivity index (χ0) is 53.7. The monoisotopic (exact) mass is 1020 g/mol. The van der Waals surface area contributed by atoms with Gasteiger partial charge in [0.2, 0.25) is 53.2 Å². The number of nitrogens with two attached hydrogens (primary N) is 2. The number of rotatable bonds is 31. The second-order valence-corrected chi connectivity index (χ2v) is 18.9. The molecule has 25 heteroatoms. The number of aliphatic carboxylic acids is 1. The van der Waals surface area contributed by atoms with Crippen molar-refractivity contribution in [2.45, 2.75) is 147 Å². The van der Waals surface area contributed by atoms with Gasteiger partial charge in [0.05, 0.1) is 12.7 Å². The summed E-state index contributed by atoms with van der Waals surface area (Å²) in [6.07, 6.45) is 1.50. The van der Waals surface area contributed by atoms with E-state index in [-0.39, 0.29) is 31.6 Å². The highest BCUT2D eigenvalue weighted by molar-refractivity contribution is 7.98. The van der Waals surface area contributed by atoms with Crippen LogP contribution < -0.4 is 54.0 Å². The smallest absolute Gasteiger partial charge is 0.325 e. The van der Waals surface area contributed by atoms with Crippen LogP contribution in [0.4, 0.5) is 0 Å². The molecule has 0 fully saturated rings. The molecule has 71 heavy (non-hydrogen) atoms. The van der Waals surface area contributed by atoms with Gasteiger partial charge in [0, 0.05) is 29.9 Å². The zero-order valence-electron chi connectivity index (χ0n) is 41.5. The zero-order valence-corrected chi connectivity index (χ0v) is 42.3. The van der Waals surface area contributed by atoms with Crippen LogP contribution in [0.15, 0.2) is 30.5 Å². The van der Waals surface area contributed by atoms with E-state index in [0.29, 0.717) is 17.7 Å². The molecular formula is C46H73N11O13S. The second kappa shape index (κ2) is 29.8. The summed E-state index contributed by atoms with van der Waals surface area (Å²) in [4.78, 5) is 135. The van der Waals surface area contributed by atoms with Crippen LogP contribution in [0.1, 0.15) is 86.1 Å². The number of nitrogens with one attached hydrogen (secondary N) is 9. The first-order chi connectivity index (χ1) is 33.3. The van der Waals surface area contributed by atoms with E-state index in [0.717, 1.165) is 10.9 Å². The predicted molar refractivity (Wildman–Crippen MR) is 264 cm³/mol. The molecule has 0 saturated carbocycles. The molecule has 1 aromatic heterocycles. The SMILES string of the molecule is CC[C@H](C)[C@H](NC(=O)[C@H](Cc1c[nH]c2ccccc12)NC(=O)[C@H](CCSC)NC(=O)[C@H](CC(C)C)NC(=O)[C@H](C)NC(=O)[C@@H](N)CO)C(=O)N[C@H](C(=O)N[C@@H](CCC(N)=O)C(=O)N[C@@H](C)C(=O)O)[C@@H](C)O. The van der Waals surface area contributed by atoms with Gasteiger partial charge in [-0.05, 0) is 75.5 Å². The molecule has 11 atom stereocenters. The number of benzene rings is 1. The standard InChI is InChI=1S/C46H73N11O13S/c1-9-23(4)36(44(67)57-37(26(7)59)45(68)53-31(14-15-35(48)60)40(63)51-25(6)46(69)70)56-43(66)34(19-27-20-49-30-13-11-10-12-28(27)30)55-41(64)32(16-17-71-8)52-42(65)33(18-22(2)3)54-38(61)24(5)50-39(62)29(47)21-58/h10-13,20,22-26,29,31-34,36-37,49,58-59H,9,14-19,21,47H2,1-8H3,(H2,48,60)(H,50,62)(H,51,63)(H,52,65)(H,53,68)(H,54,61)(H,55,64)(H,56,66)(H,57,67)(H,69,70)/t23-,24-,25-,26+,29-,31-,32-,33-,34-,36-,37-/m0/s1. The van der Waals surface area contributed by atoms with Crippen LogP contribution in [-0.4, -0.2) is 159 Å². The predicted octanol–water partition coefficient (Wildman–Crippen LogP) is -2.48. The number of primary amides is 1. The number of aliphatic hydroxyl groups is 2. The summed E-state index contributed by atoms with van der Waals surface area (Å²) < 4.78 is 0. The van der Waals surface area contributed by atoms with Gasteiger partial charge in [0.1, 0.15) is 54.4 Å². The number of aromatic amines is 1. The third-order valence-corrected chi connectivity index (χ3v) is 12.1. The topological polar surface area (TPSA) is 395 Å². The molecule has 0 aliphatic heterocycles. The third kappa shape index (κ3) is 19.8. The summed E-state index contributed by atoms with van der Waals surface area (Å²) in [5.74, 6) is -9.45. The number of carboxylic acids is 1. The molecule has 0 bridgehead atoms. The van der Waals surface area contributed by atoms with Crippen LogP contribution in [0.2, 0.25) is 0 Å². The van der Waals surface area contributed by atoms with Gasteiger partial charge in [-0.3, -0.25) is 47.9 Å². The highest BCUT2D eigenvalue weighted by atomic mass is 32.2. The summed E-state index contributed by atoms with van der Waals surface area (Å²) in [7, 11) is 0. The van der Waals surface area contributed by atoms with Crippen LogP contribution in [0.3, 0.4) is 0 Å². The quantitative estimate of drug-likeness (QED) is 0.0372. The summed E-state index contributed by atoms with van der Waals surface area (Å²) in [5, 5.41) is 50.1. The number of aromatic nitrogens is 1. The van der Waals surface area contributed by atoms with Gasteiger partial charge in [0.15, 0.2) is 0 Å². The number of carboxylic acid groups (broad SMARTS) is 1. The number of carbonyl (C=O) groups excluding carboxylic acids is 9. The Balaban J connectivity index is 2.50. The molecule has 0 saturated heterocycles. The molecule has 396 valence electrons. The van der Waals surface area contributed by atoms with E-state index in [2.05, 4.69) is 47.5 Å². The number of hydrogen-bond donors (Lipinski definition) is 14. The lowest BCUT2D eigenvalue weighted by atomic mass is 9.96. The maximum Gasteiger partial charge on any atom is 0.325 e. The Hall–Kier alpha value is -6.31. The number of H-pyrrole nitrogens is 1. The van der Waals surface area contributed by atoms with Gasteiger partial charge in [0.25, 0.3) is 0 Å². The molecule has 0 unspecified atom stereocenters. The van der Waals surface area contributed by atoms with Crippen molar-refractivity contribution in [3.8, 4) is 0 Å². The van der Waals surface area contributed by atoms with Crippen molar-refractivity contribution in [3.63, 3.8) is 0 Å². The number of thioether (sulfide) groups is 1. The lowest BCUT2D eigenvalue weighted by Crippen LogP contribution is -2.62. The van der Waals surface area contributed by atoms with E-state index in [4.69, 9.17) is 11.5 Å². The van der Waals surface area contributed by atoms with Crippen molar-refractivity contribution in [2.24, 2.45) is 23.3 Å². The van der Waals surface area contributed by atoms with Gasteiger partial charge < -0.3 is 74.3 Å². The van der Waals surface area contributed by atoms with Crippen LogP contribution >= 0.6 is 11.8 Å². The third-order valence-electron chi connectivity index (χ3n) is 11.5. The molecule has 1 aromatic carbocycles. The summed E-state index contributed by atoms with van der Waals surface area (Å²) >= 11 is 1.38. The Kier molecular flexibility index (Phi) is 25.5. The van der Waals surface area contributed by atoms with Crippen molar-refractivity contribution in [3.05, 3.63) is 36.0 Å². The van der Waals surface area contributed by atoms with E-state index in [1.54, 1.807) is 44.5 Å². The van der Waals surface area contributed by atoms with Gasteiger partial charge in [-0.1, -0.05) is 52.3 Å². The molecule has 24 nitrogen and oxygen atoms in total. The number of amides is 9. The van der Waals surface area contributed by atoms with Crippen molar-refractivity contribution in [1.82, 2.24) is 47.5 Å². The largest absolute Gasteiger partial charge is 0.480 e. The Morgan fingerprint density at radius 1 is 0.662 bits per heavy atom. The summed E-state index contributed by atoms with van der Waals surface area (Å²) in [6, 6.07) is -5.09. The van der Waals surface area contributed by atoms with E-state index in [9.17, 15) is 63.3 Å². The molecule has 9 amide bonds. The van der Waals surface area contributed by atoms with Crippen LogP contribution in [0, 0.1) is 11.8 Å². The lowest BCUT2D eigenvalue weighted by molar-refractivity contribution is -0.142. The molecule has 0 aliphatic carbocycles. The molecule has 0 radical (unpaired) electrons. The minimum atomic E-state index is -1.75. The number of para-hydroxylation sites is 1. The molecule has 0 aliphatic rings. The van der Waals surface area contributed by atoms with Gasteiger partial charge in [-0.2, -0.15) is 11.8 Å². The minimum Gasteiger partial charge on any atom is -0.480 e. The van der Waals surface area contributed by atoms with Gasteiger partial charge in [-0.25, -0.2) is 0 Å². The van der Waals surface area contributed by atoms with Crippen molar-refractivity contribution in [1.29, 1.82) is 0 Å². The molecule has 16 N–H and O–H groups in total. The maximum atomic E-state index is 14.6. The first-order valence-electron chi connectivity index (χ1n) is 23.4. The number of aliphatic hydroxyl groups excluding tert-OH is 2. The van der Waals surface area contributed by atoms with Crippen LogP contribution in [0.25, 0.3) is 10.9 Å². The summed E-state index contributed by atoms with van der Waals surface area (Å²) in [5.41, 5.74) is 12.2. The maximum absolute atomic E-state index is 14.6. The molecule has 0 spiro atoms. The van der Waals surface area contributed by atoms with Gasteiger partial charge in [-0.15, -0.1) is 0 Å². The molecular weight excluding hydrogens is 947 g/mol. The average Bonchev–Trinajstić information content (AvgIpc) is 3.72. The highest BCUT2D eigenvalue weighted by Crippen LogP contribution is 2.20. The fourth-order valence-corrected chi connectivity index (χ4v) is 7.52. The Morgan fingerprint density at radius 2 is 1.18 bits per heavy atom. The minimum absolute atomic E-state index is 0.0817. The van der Waals surface area contributed by atoms with E-state index >= 15 is 0 Å². The molecule has 2 rings (SSSR count). The van der Waals surface area contributed by atoms with E-state index < -0.39 is 139 Å². The van der Waals surface area contributed by atoms with E-state index in [1.165, 1.54) is 32.5 Å². The lowest BCUT2D eigenvalue weighted by Gasteiger charge is -2.30. The fourth-order valence-electron chi connectivity index (χ4n) is 7.04. The highest BCUT2D eigenvalue weighted by Gasteiger charge is 2.37. The average molecular weight is 1020 g/mol. The number of hydrogen-bond acceptors (Lipinski definition) is 14. The van der Waals surface area contributed by atoms with Crippen molar-refractivity contribution >= 4 is 81.8 Å². The van der Waals surface area contributed by atoms with Gasteiger partial charge >= 0.3 is 5.97 Å². The normalized spacial score (nSPS) is 15.9.